The zero-order valence-electron chi connectivity index (χ0n) is 20.5. The molecule has 3 atom stereocenters. The first-order chi connectivity index (χ1) is 16.3. The maximum atomic E-state index is 13.1. The topological polar surface area (TPSA) is 81.7 Å². The van der Waals surface area contributed by atoms with E-state index in [0.29, 0.717) is 23.4 Å². The summed E-state index contributed by atoms with van der Waals surface area (Å²) in [4.78, 5) is 38.2. The van der Waals surface area contributed by atoms with Crippen LogP contribution in [0.15, 0.2) is 48.5 Å². The fourth-order valence-corrected chi connectivity index (χ4v) is 4.64. The van der Waals surface area contributed by atoms with Gasteiger partial charge in [0.2, 0.25) is 0 Å². The van der Waals surface area contributed by atoms with Crippen molar-refractivity contribution in [1.29, 1.82) is 0 Å². The zero-order chi connectivity index (χ0) is 24.7. The van der Waals surface area contributed by atoms with E-state index in [2.05, 4.69) is 26.1 Å². The summed E-state index contributed by atoms with van der Waals surface area (Å²) in [6.45, 7) is 8.02. The lowest BCUT2D eigenvalue weighted by atomic mass is 9.75. The maximum absolute atomic E-state index is 13.1. The van der Waals surface area contributed by atoms with Gasteiger partial charge in [-0.1, -0.05) is 64.4 Å². The van der Waals surface area contributed by atoms with Crippen molar-refractivity contribution in [3.05, 3.63) is 65.2 Å². The van der Waals surface area contributed by atoms with Gasteiger partial charge in [0.1, 0.15) is 6.10 Å². The van der Waals surface area contributed by atoms with Crippen LogP contribution in [-0.4, -0.2) is 30.6 Å². The molecule has 1 amide bonds. The second kappa shape index (κ2) is 11.8. The first kappa shape index (κ1) is 25.5. The summed E-state index contributed by atoms with van der Waals surface area (Å²) in [6, 6.07) is 13.9. The molecule has 0 saturated heterocycles. The Bertz CT molecular complexity index is 1020. The van der Waals surface area contributed by atoms with Gasteiger partial charge < -0.3 is 14.8 Å². The number of rotatable bonds is 8. The second-order valence-electron chi connectivity index (χ2n) is 9.45. The Balaban J connectivity index is 1.65. The fraction of sp³-hybridized carbons (Fsp3) is 0.464. The number of anilines is 1. The van der Waals surface area contributed by atoms with Gasteiger partial charge in [-0.15, -0.1) is 0 Å². The molecule has 0 radical (unpaired) electrons. The lowest BCUT2D eigenvalue weighted by Gasteiger charge is -2.36. The van der Waals surface area contributed by atoms with Crippen LogP contribution < -0.4 is 5.32 Å². The first-order valence-electron chi connectivity index (χ1n) is 12.1. The third-order valence-electron chi connectivity index (χ3n) is 6.59. The van der Waals surface area contributed by atoms with Gasteiger partial charge in [-0.2, -0.15) is 0 Å². The minimum atomic E-state index is -0.733. The second-order valence-corrected chi connectivity index (χ2v) is 9.45. The van der Waals surface area contributed by atoms with Crippen LogP contribution in [0.4, 0.5) is 5.69 Å². The highest BCUT2D eigenvalue weighted by Crippen LogP contribution is 2.35. The number of benzene rings is 2. The number of carbonyl (C=O) groups is 3. The van der Waals surface area contributed by atoms with Crippen LogP contribution in [0.5, 0.6) is 0 Å². The summed E-state index contributed by atoms with van der Waals surface area (Å²) < 4.78 is 11.2. The monoisotopic (exact) mass is 465 g/mol. The van der Waals surface area contributed by atoms with Gasteiger partial charge in [-0.25, -0.2) is 9.59 Å². The van der Waals surface area contributed by atoms with Crippen molar-refractivity contribution in [3.63, 3.8) is 0 Å². The van der Waals surface area contributed by atoms with Gasteiger partial charge in [-0.05, 0) is 60.8 Å². The van der Waals surface area contributed by atoms with E-state index in [1.54, 1.807) is 24.3 Å². The highest BCUT2D eigenvalue weighted by atomic mass is 16.5. The number of ether oxygens (including phenoxy) is 2. The molecule has 6 heteroatoms. The van der Waals surface area contributed by atoms with Crippen LogP contribution in [0.1, 0.15) is 73.2 Å². The molecule has 0 spiro atoms. The molecule has 1 N–H and O–H groups in total. The highest BCUT2D eigenvalue weighted by Gasteiger charge is 2.34. The molecule has 0 bridgehead atoms. The predicted octanol–water partition coefficient (Wildman–Crippen LogP) is 5.66. The van der Waals surface area contributed by atoms with Gasteiger partial charge >= 0.3 is 11.9 Å². The van der Waals surface area contributed by atoms with Crippen molar-refractivity contribution >= 4 is 23.5 Å². The number of aryl methyl sites for hydroxylation is 1. The van der Waals surface area contributed by atoms with Crippen LogP contribution >= 0.6 is 0 Å². The number of nitrogens with one attached hydrogen (secondary N) is 1. The number of esters is 2. The summed E-state index contributed by atoms with van der Waals surface area (Å²) in [7, 11) is 0. The Labute approximate surface area is 202 Å². The molecule has 34 heavy (non-hydrogen) atoms. The van der Waals surface area contributed by atoms with Crippen molar-refractivity contribution in [2.45, 2.75) is 59.5 Å². The van der Waals surface area contributed by atoms with Gasteiger partial charge in [0.25, 0.3) is 5.91 Å². The van der Waals surface area contributed by atoms with Gasteiger partial charge in [0.15, 0.2) is 6.61 Å². The van der Waals surface area contributed by atoms with Crippen LogP contribution in [0, 0.1) is 17.8 Å². The molecule has 1 aliphatic carbocycles. The number of hydrogen-bond acceptors (Lipinski definition) is 5. The average molecular weight is 466 g/mol. The Morgan fingerprint density at radius 1 is 0.971 bits per heavy atom. The number of hydrogen-bond donors (Lipinski definition) is 1. The van der Waals surface area contributed by atoms with E-state index in [0.717, 1.165) is 31.2 Å². The smallest absolute Gasteiger partial charge is 0.339 e. The van der Waals surface area contributed by atoms with Crippen LogP contribution in [-0.2, 0) is 20.7 Å². The largest absolute Gasteiger partial charge is 0.458 e. The summed E-state index contributed by atoms with van der Waals surface area (Å²) in [6.07, 6.45) is 3.57. The normalized spacial score (nSPS) is 20.0. The maximum Gasteiger partial charge on any atom is 0.339 e. The average Bonchev–Trinajstić information content (AvgIpc) is 2.82. The standard InChI is InChI=1S/C28H35NO5/c1-5-20-10-6-9-13-24(20)29-26(30)17-33-27(31)22-11-7-8-12-23(22)28(32)34-25-16-19(4)14-15-21(25)18(2)3/h6-13,18-19,21,25H,5,14-17H2,1-4H3,(H,29,30)/t19-,21-,25+/m0/s1. The molecule has 0 aliphatic heterocycles. The van der Waals surface area contributed by atoms with Gasteiger partial charge in [-0.3, -0.25) is 4.79 Å². The molecule has 0 aromatic heterocycles. The van der Waals surface area contributed by atoms with E-state index in [-0.39, 0.29) is 17.2 Å². The minimum Gasteiger partial charge on any atom is -0.458 e. The van der Waals surface area contributed by atoms with Crippen molar-refractivity contribution in [1.82, 2.24) is 0 Å². The summed E-state index contributed by atoms with van der Waals surface area (Å²) in [5.41, 5.74) is 1.94. The SMILES string of the molecule is CCc1ccccc1NC(=O)COC(=O)c1ccccc1C(=O)O[C@@H]1C[C@@H](C)CC[C@H]1C(C)C. The molecular formula is C28H35NO5. The quantitative estimate of drug-likeness (QED) is 0.509. The Hall–Kier alpha value is -3.15. The van der Waals surface area contributed by atoms with E-state index in [4.69, 9.17) is 9.47 Å². The van der Waals surface area contributed by atoms with E-state index in [1.165, 1.54) is 6.07 Å². The van der Waals surface area contributed by atoms with E-state index >= 15 is 0 Å². The zero-order valence-corrected chi connectivity index (χ0v) is 20.5. The fourth-order valence-electron chi connectivity index (χ4n) is 4.64. The summed E-state index contributed by atoms with van der Waals surface area (Å²) >= 11 is 0. The third-order valence-corrected chi connectivity index (χ3v) is 6.59. The van der Waals surface area contributed by atoms with Crippen molar-refractivity contribution in [2.75, 3.05) is 11.9 Å². The highest BCUT2D eigenvalue weighted by molar-refractivity contribution is 6.04. The van der Waals surface area contributed by atoms with Crippen LogP contribution in [0.3, 0.4) is 0 Å². The number of amides is 1. The summed E-state index contributed by atoms with van der Waals surface area (Å²) in [5.74, 6) is -0.507. The van der Waals surface area contributed by atoms with Crippen molar-refractivity contribution in [2.24, 2.45) is 17.8 Å². The lowest BCUT2D eigenvalue weighted by Crippen LogP contribution is -2.36. The molecular weight excluding hydrogens is 430 g/mol. The van der Waals surface area contributed by atoms with Gasteiger partial charge in [0.05, 0.1) is 11.1 Å². The van der Waals surface area contributed by atoms with Crippen LogP contribution in [0.2, 0.25) is 0 Å². The Morgan fingerprint density at radius 3 is 2.29 bits per heavy atom. The van der Waals surface area contributed by atoms with Crippen molar-refractivity contribution in [3.8, 4) is 0 Å². The molecule has 2 aromatic carbocycles. The number of para-hydroxylation sites is 1. The van der Waals surface area contributed by atoms with E-state index in [9.17, 15) is 14.4 Å². The summed E-state index contributed by atoms with van der Waals surface area (Å²) in [5, 5.41) is 2.77. The molecule has 0 unspecified atom stereocenters. The molecule has 182 valence electrons. The lowest BCUT2D eigenvalue weighted by molar-refractivity contribution is -0.119. The molecule has 1 saturated carbocycles. The van der Waals surface area contributed by atoms with Gasteiger partial charge in [0, 0.05) is 5.69 Å². The van der Waals surface area contributed by atoms with E-state index in [1.807, 2.05) is 25.1 Å². The third kappa shape index (κ3) is 6.46. The molecule has 6 nitrogen and oxygen atoms in total. The predicted molar refractivity (Wildman–Crippen MR) is 132 cm³/mol. The minimum absolute atomic E-state index is 0.0965. The molecule has 2 aromatic rings. The van der Waals surface area contributed by atoms with E-state index < -0.39 is 24.5 Å². The number of carbonyl (C=O) groups excluding carboxylic acids is 3. The van der Waals surface area contributed by atoms with Crippen LogP contribution in [0.25, 0.3) is 0 Å². The Kier molecular flexibility index (Phi) is 8.85. The molecule has 1 fully saturated rings. The molecule has 1 aliphatic rings. The first-order valence-corrected chi connectivity index (χ1v) is 12.1. The molecule has 3 rings (SSSR count). The van der Waals surface area contributed by atoms with Crippen molar-refractivity contribution < 1.29 is 23.9 Å². The Morgan fingerprint density at radius 2 is 1.62 bits per heavy atom. The molecule has 0 heterocycles.